The molecule has 5 rings (SSSR count). The number of hydrogen-bond donors (Lipinski definition) is 1. The summed E-state index contributed by atoms with van der Waals surface area (Å²) in [5.74, 6) is 1.15. The second-order valence-corrected chi connectivity index (χ2v) is 8.01. The minimum Gasteiger partial charge on any atom is -0.456 e. The molecule has 3 aromatic heterocycles. The fourth-order valence-corrected chi connectivity index (χ4v) is 3.83. The Morgan fingerprint density at radius 3 is 2.65 bits per heavy atom. The molecule has 0 radical (unpaired) electrons. The van der Waals surface area contributed by atoms with E-state index in [-0.39, 0.29) is 5.91 Å². The summed E-state index contributed by atoms with van der Waals surface area (Å²) in [5.41, 5.74) is 5.22. The second-order valence-electron chi connectivity index (χ2n) is 8.01. The molecule has 168 valence electrons. The molecule has 34 heavy (non-hydrogen) atoms. The monoisotopic (exact) mass is 449 g/mol. The lowest BCUT2D eigenvalue weighted by Gasteiger charge is -2.14. The van der Waals surface area contributed by atoms with Crippen LogP contribution in [-0.4, -0.2) is 25.7 Å². The van der Waals surface area contributed by atoms with E-state index in [0.717, 1.165) is 33.2 Å². The lowest BCUT2D eigenvalue weighted by Crippen LogP contribution is -2.23. The molecule has 1 N–H and O–H groups in total. The highest BCUT2D eigenvalue weighted by Crippen LogP contribution is 2.33. The van der Waals surface area contributed by atoms with Crippen molar-refractivity contribution < 1.29 is 9.53 Å². The van der Waals surface area contributed by atoms with Crippen molar-refractivity contribution in [3.63, 3.8) is 0 Å². The Morgan fingerprint density at radius 2 is 1.85 bits per heavy atom. The van der Waals surface area contributed by atoms with Crippen molar-refractivity contribution in [3.05, 3.63) is 102 Å². The summed E-state index contributed by atoms with van der Waals surface area (Å²) in [6, 6.07) is 17.1. The molecule has 2 aromatic carbocycles. The number of nitrogens with one attached hydrogen (secondary N) is 1. The molecule has 0 fully saturated rings. The molecule has 0 saturated carbocycles. The van der Waals surface area contributed by atoms with E-state index < -0.39 is 0 Å². The Labute approximate surface area is 197 Å². The van der Waals surface area contributed by atoms with E-state index in [4.69, 9.17) is 4.74 Å². The molecular weight excluding hydrogens is 426 g/mol. The minimum absolute atomic E-state index is 0.152. The van der Waals surface area contributed by atoms with Crippen LogP contribution in [0.25, 0.3) is 22.0 Å². The van der Waals surface area contributed by atoms with Crippen LogP contribution in [0.15, 0.2) is 85.6 Å². The number of aryl methyl sites for hydroxylation is 1. The number of pyridine rings is 2. The number of nitrogens with zero attached hydrogens (tertiary/aromatic N) is 4. The van der Waals surface area contributed by atoms with Crippen molar-refractivity contribution in [1.82, 2.24) is 25.1 Å². The average Bonchev–Trinajstić information content (AvgIpc) is 3.30. The van der Waals surface area contributed by atoms with Crippen LogP contribution in [0.5, 0.6) is 11.5 Å². The van der Waals surface area contributed by atoms with Gasteiger partial charge < -0.3 is 10.1 Å². The molecule has 7 nitrogen and oxygen atoms in total. The first-order chi connectivity index (χ1) is 16.6. The highest BCUT2D eigenvalue weighted by Gasteiger charge is 2.14. The van der Waals surface area contributed by atoms with Gasteiger partial charge in [0.15, 0.2) is 0 Å². The van der Waals surface area contributed by atoms with Gasteiger partial charge in [-0.25, -0.2) is 0 Å². The predicted octanol–water partition coefficient (Wildman–Crippen LogP) is 5.06. The lowest BCUT2D eigenvalue weighted by atomic mass is 10.1. The van der Waals surface area contributed by atoms with Gasteiger partial charge in [0, 0.05) is 60.5 Å². The lowest BCUT2D eigenvalue weighted by molar-refractivity contribution is 0.0950. The minimum atomic E-state index is -0.152. The van der Waals surface area contributed by atoms with Gasteiger partial charge in [-0.05, 0) is 60.5 Å². The molecule has 0 aliphatic heterocycles. The van der Waals surface area contributed by atoms with Gasteiger partial charge in [0.25, 0.3) is 5.91 Å². The first kappa shape index (κ1) is 21.3. The Morgan fingerprint density at radius 1 is 1.00 bits per heavy atom. The van der Waals surface area contributed by atoms with Crippen LogP contribution in [0.1, 0.15) is 21.5 Å². The summed E-state index contributed by atoms with van der Waals surface area (Å²) in [4.78, 5) is 21.4. The average molecular weight is 450 g/mol. The molecule has 7 heteroatoms. The van der Waals surface area contributed by atoms with Crippen LogP contribution in [-0.2, 0) is 13.6 Å². The number of hydrogen-bond acceptors (Lipinski definition) is 5. The Bertz CT molecular complexity index is 1480. The summed E-state index contributed by atoms with van der Waals surface area (Å²) in [6.07, 6.45) is 8.94. The third-order valence-corrected chi connectivity index (χ3v) is 5.69. The second kappa shape index (κ2) is 9.15. The molecule has 0 bridgehead atoms. The molecule has 0 unspecified atom stereocenters. The number of aromatic nitrogens is 4. The molecular formula is C27H23N5O2. The van der Waals surface area contributed by atoms with Crippen LogP contribution in [0.4, 0.5) is 0 Å². The zero-order chi connectivity index (χ0) is 23.5. The van der Waals surface area contributed by atoms with E-state index >= 15 is 0 Å². The maximum atomic E-state index is 12.8. The zero-order valence-electron chi connectivity index (χ0n) is 18.9. The molecule has 0 atom stereocenters. The Kier molecular flexibility index (Phi) is 5.74. The van der Waals surface area contributed by atoms with E-state index in [2.05, 4.69) is 20.4 Å². The molecule has 5 aromatic rings. The van der Waals surface area contributed by atoms with Crippen LogP contribution in [0.3, 0.4) is 0 Å². The third kappa shape index (κ3) is 4.36. The predicted molar refractivity (Wildman–Crippen MR) is 131 cm³/mol. The van der Waals surface area contributed by atoms with Gasteiger partial charge in [0.1, 0.15) is 11.5 Å². The fraction of sp³-hybridized carbons (Fsp3) is 0.111. The molecule has 0 spiro atoms. The summed E-state index contributed by atoms with van der Waals surface area (Å²) in [6.45, 7) is 2.32. The first-order valence-corrected chi connectivity index (χ1v) is 10.9. The number of amides is 1. The molecule has 0 aliphatic rings. The van der Waals surface area contributed by atoms with Crippen molar-refractivity contribution in [2.45, 2.75) is 13.5 Å². The summed E-state index contributed by atoms with van der Waals surface area (Å²) >= 11 is 0. The molecule has 0 aliphatic carbocycles. The topological polar surface area (TPSA) is 81.9 Å². The van der Waals surface area contributed by atoms with Gasteiger partial charge >= 0.3 is 0 Å². The fourth-order valence-electron chi connectivity index (χ4n) is 3.83. The van der Waals surface area contributed by atoms with Gasteiger partial charge in [-0.15, -0.1) is 0 Å². The number of rotatable bonds is 6. The summed E-state index contributed by atoms with van der Waals surface area (Å²) in [7, 11) is 1.89. The summed E-state index contributed by atoms with van der Waals surface area (Å²) in [5, 5.41) is 8.10. The van der Waals surface area contributed by atoms with Crippen LogP contribution in [0.2, 0.25) is 0 Å². The van der Waals surface area contributed by atoms with E-state index in [1.54, 1.807) is 29.3 Å². The van der Waals surface area contributed by atoms with Crippen molar-refractivity contribution in [3.8, 4) is 22.6 Å². The van der Waals surface area contributed by atoms with E-state index in [9.17, 15) is 4.79 Å². The van der Waals surface area contributed by atoms with E-state index in [1.807, 2.05) is 74.9 Å². The number of carbonyl (C=O) groups is 1. The highest BCUT2D eigenvalue weighted by molar-refractivity contribution is 5.96. The molecule has 3 heterocycles. The van der Waals surface area contributed by atoms with Gasteiger partial charge in [-0.1, -0.05) is 12.1 Å². The van der Waals surface area contributed by atoms with Crippen molar-refractivity contribution in [2.75, 3.05) is 0 Å². The SMILES string of the molecule is Cc1c(Oc2ccnc3cc(-c4cnn(C)c4)ccc23)cccc1C(=O)NCc1ccncc1. The normalized spacial score (nSPS) is 10.9. The quantitative estimate of drug-likeness (QED) is 0.392. The van der Waals surface area contributed by atoms with Crippen LogP contribution >= 0.6 is 0 Å². The van der Waals surface area contributed by atoms with Crippen molar-refractivity contribution >= 4 is 16.8 Å². The van der Waals surface area contributed by atoms with Crippen molar-refractivity contribution in [2.24, 2.45) is 7.05 Å². The molecule has 1 amide bonds. The largest absolute Gasteiger partial charge is 0.456 e. The highest BCUT2D eigenvalue weighted by atomic mass is 16.5. The zero-order valence-corrected chi connectivity index (χ0v) is 18.9. The third-order valence-electron chi connectivity index (χ3n) is 5.69. The van der Waals surface area contributed by atoms with E-state index in [0.29, 0.717) is 23.6 Å². The van der Waals surface area contributed by atoms with Gasteiger partial charge in [0.2, 0.25) is 0 Å². The number of fused-ring (bicyclic) bond motifs is 1. The van der Waals surface area contributed by atoms with Crippen LogP contribution in [0, 0.1) is 6.92 Å². The van der Waals surface area contributed by atoms with E-state index in [1.165, 1.54) is 0 Å². The number of carbonyl (C=O) groups excluding carboxylic acids is 1. The van der Waals surface area contributed by atoms with Gasteiger partial charge in [-0.3, -0.25) is 19.4 Å². The van der Waals surface area contributed by atoms with Crippen molar-refractivity contribution in [1.29, 1.82) is 0 Å². The van der Waals surface area contributed by atoms with Gasteiger partial charge in [-0.2, -0.15) is 5.10 Å². The maximum absolute atomic E-state index is 12.8. The summed E-state index contributed by atoms with van der Waals surface area (Å²) < 4.78 is 8.05. The maximum Gasteiger partial charge on any atom is 0.251 e. The van der Waals surface area contributed by atoms with Gasteiger partial charge in [0.05, 0.1) is 11.7 Å². The Balaban J connectivity index is 1.39. The Hall–Kier alpha value is -4.52. The smallest absolute Gasteiger partial charge is 0.251 e. The number of ether oxygens (including phenoxy) is 1. The number of benzene rings is 2. The standard InChI is InChI=1S/C27H23N5O2/c1-18-22(27(33)30-15-19-8-11-28-12-9-19)4-3-5-25(18)34-26-10-13-29-24-14-20(6-7-23(24)26)21-16-31-32(2)17-21/h3-14,16-17H,15H2,1-2H3,(H,30,33). The first-order valence-electron chi connectivity index (χ1n) is 10.9. The van der Waals surface area contributed by atoms with Crippen LogP contribution < -0.4 is 10.1 Å². The molecule has 0 saturated heterocycles.